The van der Waals surface area contributed by atoms with Gasteiger partial charge in [0.2, 0.25) is 0 Å². The molecule has 3 heteroatoms. The molecule has 0 aromatic carbocycles. The summed E-state index contributed by atoms with van der Waals surface area (Å²) in [5.74, 6) is 0. The van der Waals surface area contributed by atoms with E-state index in [2.05, 4.69) is 33.0 Å². The van der Waals surface area contributed by atoms with E-state index in [4.69, 9.17) is 0 Å². The van der Waals surface area contributed by atoms with E-state index in [-0.39, 0.29) is 5.48 Å². The van der Waals surface area contributed by atoms with Gasteiger partial charge >= 0.3 is 0 Å². The molecule has 0 aliphatic carbocycles. The molecular formula is C21H38BrNO. The number of hydrogen-bond acceptors (Lipinski definition) is 1. The second-order valence-electron chi connectivity index (χ2n) is 6.71. The monoisotopic (exact) mass is 399 g/mol. The molecule has 2 nitrogen and oxygen atoms in total. The Labute approximate surface area is 158 Å². The van der Waals surface area contributed by atoms with Crippen LogP contribution < -0.4 is 0 Å². The Morgan fingerprint density at radius 3 is 1.50 bits per heavy atom. The molecule has 0 bridgehead atoms. The number of aryl methyl sites for hydroxylation is 1. The van der Waals surface area contributed by atoms with Crippen molar-refractivity contribution in [2.45, 2.75) is 96.3 Å². The highest BCUT2D eigenvalue weighted by Crippen LogP contribution is 2.13. The maximum atomic E-state index is 4.38. The number of halogens is 1. The lowest BCUT2D eigenvalue weighted by Gasteiger charge is -2.03. The standard InChI is InChI=1S/C21H36BrN.H2O/c22-19-15-12-10-8-6-4-2-1-3-5-7-9-11-13-17-21-18-14-16-20-23-21;/h14,16,18,20H,1-13,15,17,19H2;1H2. The van der Waals surface area contributed by atoms with Crippen molar-refractivity contribution < 1.29 is 5.48 Å². The van der Waals surface area contributed by atoms with E-state index in [0.717, 1.165) is 6.42 Å². The van der Waals surface area contributed by atoms with E-state index in [1.807, 2.05) is 12.3 Å². The van der Waals surface area contributed by atoms with E-state index in [1.54, 1.807) is 0 Å². The lowest BCUT2D eigenvalue weighted by atomic mass is 10.0. The Morgan fingerprint density at radius 1 is 0.625 bits per heavy atom. The van der Waals surface area contributed by atoms with Crippen LogP contribution in [-0.2, 0) is 6.42 Å². The van der Waals surface area contributed by atoms with E-state index in [9.17, 15) is 0 Å². The summed E-state index contributed by atoms with van der Waals surface area (Å²) >= 11 is 3.49. The number of alkyl halides is 1. The fraction of sp³-hybridized carbons (Fsp3) is 0.762. The van der Waals surface area contributed by atoms with Crippen molar-refractivity contribution in [2.75, 3.05) is 5.33 Å². The zero-order chi connectivity index (χ0) is 16.4. The molecule has 1 rings (SSSR count). The van der Waals surface area contributed by atoms with Crippen LogP contribution in [0.3, 0.4) is 0 Å². The van der Waals surface area contributed by atoms with Crippen LogP contribution in [-0.4, -0.2) is 15.8 Å². The average Bonchev–Trinajstić information content (AvgIpc) is 2.59. The highest BCUT2D eigenvalue weighted by atomic mass is 79.9. The topological polar surface area (TPSA) is 44.4 Å². The number of aromatic nitrogens is 1. The third kappa shape index (κ3) is 15.1. The quantitative estimate of drug-likeness (QED) is 0.226. The first-order valence-electron chi connectivity index (χ1n) is 9.89. The highest BCUT2D eigenvalue weighted by molar-refractivity contribution is 9.09. The highest BCUT2D eigenvalue weighted by Gasteiger charge is 1.96. The summed E-state index contributed by atoms with van der Waals surface area (Å²) in [7, 11) is 0. The van der Waals surface area contributed by atoms with Crippen LogP contribution in [0.2, 0.25) is 0 Å². The first-order chi connectivity index (χ1) is 11.4. The maximum absolute atomic E-state index is 4.38. The minimum Gasteiger partial charge on any atom is -0.412 e. The minimum atomic E-state index is 0. The van der Waals surface area contributed by atoms with Gasteiger partial charge < -0.3 is 5.48 Å². The number of pyridine rings is 1. The fourth-order valence-electron chi connectivity index (χ4n) is 3.07. The summed E-state index contributed by atoms with van der Waals surface area (Å²) in [5.41, 5.74) is 1.25. The van der Waals surface area contributed by atoms with Crippen molar-refractivity contribution in [1.29, 1.82) is 0 Å². The van der Waals surface area contributed by atoms with Gasteiger partial charge in [-0.15, -0.1) is 0 Å². The first kappa shape index (κ1) is 23.6. The van der Waals surface area contributed by atoms with Gasteiger partial charge in [0.15, 0.2) is 0 Å². The molecule has 0 atom stereocenters. The van der Waals surface area contributed by atoms with Gasteiger partial charge in [0, 0.05) is 17.2 Å². The summed E-state index contributed by atoms with van der Waals surface area (Å²) < 4.78 is 0. The molecule has 0 saturated carbocycles. The molecule has 0 aliphatic heterocycles. The number of nitrogens with zero attached hydrogens (tertiary/aromatic N) is 1. The predicted octanol–water partition coefficient (Wildman–Crippen LogP) is 6.66. The van der Waals surface area contributed by atoms with Crippen molar-refractivity contribution in [3.8, 4) is 0 Å². The van der Waals surface area contributed by atoms with Crippen LogP contribution in [0.15, 0.2) is 24.4 Å². The molecule has 0 unspecified atom stereocenters. The van der Waals surface area contributed by atoms with E-state index < -0.39 is 0 Å². The molecule has 1 heterocycles. The minimum absolute atomic E-state index is 0. The molecule has 0 fully saturated rings. The third-order valence-corrected chi connectivity index (χ3v) is 5.10. The fourth-order valence-corrected chi connectivity index (χ4v) is 3.46. The SMILES string of the molecule is BrCCCCCCCCCCCCCCCCc1ccccn1.O. The van der Waals surface area contributed by atoms with Crippen LogP contribution in [0, 0.1) is 0 Å². The van der Waals surface area contributed by atoms with E-state index in [1.165, 1.54) is 101 Å². The molecule has 0 radical (unpaired) electrons. The summed E-state index contributed by atoms with van der Waals surface area (Å²) in [6.07, 6.45) is 22.9. The van der Waals surface area contributed by atoms with Crippen LogP contribution in [0.25, 0.3) is 0 Å². The van der Waals surface area contributed by atoms with Gasteiger partial charge in [-0.3, -0.25) is 4.98 Å². The predicted molar refractivity (Wildman–Crippen MR) is 110 cm³/mol. The van der Waals surface area contributed by atoms with Crippen LogP contribution in [0.1, 0.15) is 95.6 Å². The van der Waals surface area contributed by atoms with Crippen molar-refractivity contribution in [2.24, 2.45) is 0 Å². The second kappa shape index (κ2) is 18.9. The van der Waals surface area contributed by atoms with Crippen LogP contribution in [0.4, 0.5) is 0 Å². The molecular weight excluding hydrogens is 362 g/mol. The Hall–Kier alpha value is -0.410. The molecule has 1 aromatic rings. The molecule has 0 saturated heterocycles. The Bertz CT molecular complexity index is 345. The van der Waals surface area contributed by atoms with Crippen LogP contribution >= 0.6 is 15.9 Å². The van der Waals surface area contributed by atoms with Gasteiger partial charge in [-0.1, -0.05) is 99.0 Å². The summed E-state index contributed by atoms with van der Waals surface area (Å²) in [6.45, 7) is 0. The number of hydrogen-bond donors (Lipinski definition) is 0. The lowest BCUT2D eigenvalue weighted by molar-refractivity contribution is 0.535. The van der Waals surface area contributed by atoms with Gasteiger partial charge in [-0.2, -0.15) is 0 Å². The molecule has 1 aromatic heterocycles. The second-order valence-corrected chi connectivity index (χ2v) is 7.50. The molecule has 140 valence electrons. The van der Waals surface area contributed by atoms with Gasteiger partial charge in [0.25, 0.3) is 0 Å². The van der Waals surface area contributed by atoms with E-state index >= 15 is 0 Å². The van der Waals surface area contributed by atoms with Gasteiger partial charge in [0.1, 0.15) is 0 Å². The number of rotatable bonds is 16. The van der Waals surface area contributed by atoms with E-state index in [0.29, 0.717) is 0 Å². The largest absolute Gasteiger partial charge is 0.412 e. The summed E-state index contributed by atoms with van der Waals surface area (Å²) in [6, 6.07) is 6.22. The summed E-state index contributed by atoms with van der Waals surface area (Å²) in [4.78, 5) is 4.38. The Morgan fingerprint density at radius 2 is 1.08 bits per heavy atom. The van der Waals surface area contributed by atoms with Crippen molar-refractivity contribution in [3.63, 3.8) is 0 Å². The first-order valence-corrected chi connectivity index (χ1v) is 11.0. The molecule has 24 heavy (non-hydrogen) atoms. The Balaban J connectivity index is 0.00000529. The molecule has 0 spiro atoms. The number of unbranched alkanes of at least 4 members (excludes halogenated alkanes) is 13. The zero-order valence-corrected chi connectivity index (χ0v) is 17.0. The molecule has 0 aliphatic rings. The van der Waals surface area contributed by atoms with Crippen molar-refractivity contribution in [1.82, 2.24) is 4.98 Å². The third-order valence-electron chi connectivity index (χ3n) is 4.54. The van der Waals surface area contributed by atoms with Gasteiger partial charge in [-0.25, -0.2) is 0 Å². The zero-order valence-electron chi connectivity index (χ0n) is 15.4. The maximum Gasteiger partial charge on any atom is 0.0403 e. The van der Waals surface area contributed by atoms with Crippen molar-refractivity contribution in [3.05, 3.63) is 30.1 Å². The van der Waals surface area contributed by atoms with Gasteiger partial charge in [0.05, 0.1) is 0 Å². The molecule has 0 amide bonds. The Kier molecular flexibility index (Phi) is 18.6. The normalized spacial score (nSPS) is 10.5. The summed E-state index contributed by atoms with van der Waals surface area (Å²) in [5, 5.41) is 1.18. The van der Waals surface area contributed by atoms with Crippen LogP contribution in [0.5, 0.6) is 0 Å². The van der Waals surface area contributed by atoms with Gasteiger partial charge in [-0.05, 0) is 31.4 Å². The lowest BCUT2D eigenvalue weighted by Crippen LogP contribution is -1.89. The average molecular weight is 400 g/mol. The van der Waals surface area contributed by atoms with Crippen molar-refractivity contribution >= 4 is 15.9 Å². The molecule has 2 N–H and O–H groups in total. The smallest absolute Gasteiger partial charge is 0.0403 e.